The second-order valence-corrected chi connectivity index (χ2v) is 8.26. The van der Waals surface area contributed by atoms with Crippen molar-refractivity contribution in [1.29, 1.82) is 0 Å². The number of benzene rings is 3. The van der Waals surface area contributed by atoms with Gasteiger partial charge >= 0.3 is 0 Å². The molecule has 0 spiro atoms. The van der Waals surface area contributed by atoms with E-state index in [9.17, 15) is 4.79 Å². The topological polar surface area (TPSA) is 95.9 Å². The van der Waals surface area contributed by atoms with Crippen molar-refractivity contribution in [3.05, 3.63) is 107 Å². The second-order valence-electron chi connectivity index (χ2n) is 7.82. The fraction of sp³-hybridized carbons (Fsp3) is 0.0741. The van der Waals surface area contributed by atoms with Gasteiger partial charge in [-0.1, -0.05) is 41.9 Å². The van der Waals surface area contributed by atoms with Crippen LogP contribution in [0.2, 0.25) is 5.02 Å². The van der Waals surface area contributed by atoms with Crippen LogP contribution < -0.4 is 15.0 Å². The molecule has 5 rings (SSSR count). The van der Waals surface area contributed by atoms with Gasteiger partial charge in [0, 0.05) is 16.7 Å². The van der Waals surface area contributed by atoms with E-state index in [1.807, 2.05) is 36.4 Å². The Hall–Kier alpha value is -4.76. The number of nitrogens with zero attached hydrogens (tertiary/aromatic N) is 6. The quantitative estimate of drug-likeness (QED) is 0.243. The predicted octanol–water partition coefficient (Wildman–Crippen LogP) is 6.17. The van der Waals surface area contributed by atoms with Crippen LogP contribution in [-0.2, 0) is 0 Å². The van der Waals surface area contributed by atoms with E-state index in [0.29, 0.717) is 45.0 Å². The first-order valence-corrected chi connectivity index (χ1v) is 11.6. The number of para-hydroxylation sites is 1. The summed E-state index contributed by atoms with van der Waals surface area (Å²) < 4.78 is 13.7. The molecule has 9 nitrogen and oxygen atoms in total. The molecule has 0 aliphatic heterocycles. The van der Waals surface area contributed by atoms with Crippen LogP contribution in [0.5, 0.6) is 11.5 Å². The van der Waals surface area contributed by atoms with Crippen LogP contribution in [0.25, 0.3) is 22.6 Å². The van der Waals surface area contributed by atoms with Gasteiger partial charge in [0.05, 0.1) is 19.9 Å². The first-order valence-electron chi connectivity index (χ1n) is 11.2. The molecule has 0 bridgehead atoms. The molecule has 0 amide bonds. The van der Waals surface area contributed by atoms with Crippen LogP contribution in [0.3, 0.4) is 0 Å². The van der Waals surface area contributed by atoms with Gasteiger partial charge in [0.25, 0.3) is 5.56 Å². The molecule has 184 valence electrons. The molecule has 0 aliphatic carbocycles. The number of pyridine rings is 1. The first-order chi connectivity index (χ1) is 18.1. The van der Waals surface area contributed by atoms with E-state index < -0.39 is 0 Å². The normalized spacial score (nSPS) is 11.1. The lowest BCUT2D eigenvalue weighted by Crippen LogP contribution is -2.23. The molecule has 10 heteroatoms. The Morgan fingerprint density at radius 2 is 1.70 bits per heavy atom. The molecular weight excluding hydrogens is 492 g/mol. The Morgan fingerprint density at radius 1 is 0.892 bits per heavy atom. The van der Waals surface area contributed by atoms with E-state index in [0.717, 1.165) is 5.56 Å². The van der Waals surface area contributed by atoms with Crippen LogP contribution in [0.1, 0.15) is 0 Å². The molecule has 2 aromatic heterocycles. The molecule has 0 radical (unpaired) electrons. The summed E-state index contributed by atoms with van der Waals surface area (Å²) in [6, 6.07) is 23.1. The summed E-state index contributed by atoms with van der Waals surface area (Å²) in [5.41, 5.74) is 2.44. The van der Waals surface area contributed by atoms with Crippen LogP contribution in [0.15, 0.2) is 107 Å². The molecule has 0 saturated carbocycles. The largest absolute Gasteiger partial charge is 0.497 e. The van der Waals surface area contributed by atoms with Gasteiger partial charge in [-0.25, -0.2) is 9.67 Å². The summed E-state index contributed by atoms with van der Waals surface area (Å²) in [6.45, 7) is 0. The number of azo groups is 1. The lowest BCUT2D eigenvalue weighted by molar-refractivity contribution is 0.415. The molecule has 3 aromatic carbocycles. The van der Waals surface area contributed by atoms with Crippen LogP contribution in [0.4, 0.5) is 11.4 Å². The molecule has 0 unspecified atom stereocenters. The summed E-state index contributed by atoms with van der Waals surface area (Å²) in [6.07, 6.45) is 2.88. The maximum Gasteiger partial charge on any atom is 0.257 e. The van der Waals surface area contributed by atoms with Gasteiger partial charge < -0.3 is 9.47 Å². The number of halogens is 1. The van der Waals surface area contributed by atoms with Crippen molar-refractivity contribution in [2.75, 3.05) is 14.2 Å². The van der Waals surface area contributed by atoms with E-state index in [1.165, 1.54) is 28.0 Å². The van der Waals surface area contributed by atoms with Crippen molar-refractivity contribution in [3.63, 3.8) is 0 Å². The van der Waals surface area contributed by atoms with Gasteiger partial charge in [-0.3, -0.25) is 9.36 Å². The SMILES string of the molecule is COc1ccc(-c2cc(=O)n(-c3cccc(Cl)c3)c(-n3cncn3)c2N=Nc2ccccc2OC)cc1. The van der Waals surface area contributed by atoms with Crippen molar-refractivity contribution in [3.8, 4) is 34.1 Å². The zero-order valence-electron chi connectivity index (χ0n) is 19.9. The molecule has 0 aliphatic rings. The average molecular weight is 513 g/mol. The molecule has 2 heterocycles. The second kappa shape index (κ2) is 10.5. The number of methoxy groups -OCH3 is 2. The standard InChI is InChI=1S/C27H21ClN6O3/c1-36-21-12-10-18(11-13-21)22-15-25(35)34(20-7-5-6-19(28)14-20)27(33-17-29-16-30-33)26(22)32-31-23-8-3-4-9-24(23)37-2/h3-17H,1-2H3. The minimum atomic E-state index is -0.310. The Kier molecular flexibility index (Phi) is 6.78. The van der Waals surface area contributed by atoms with E-state index in [1.54, 1.807) is 50.6 Å². The summed E-state index contributed by atoms with van der Waals surface area (Å²) in [7, 11) is 3.16. The lowest BCUT2D eigenvalue weighted by Gasteiger charge is -2.18. The first kappa shape index (κ1) is 24.0. The summed E-state index contributed by atoms with van der Waals surface area (Å²) in [4.78, 5) is 17.7. The fourth-order valence-electron chi connectivity index (χ4n) is 3.89. The predicted molar refractivity (Wildman–Crippen MR) is 141 cm³/mol. The van der Waals surface area contributed by atoms with E-state index in [4.69, 9.17) is 21.1 Å². The number of hydrogen-bond acceptors (Lipinski definition) is 7. The minimum absolute atomic E-state index is 0.310. The Morgan fingerprint density at radius 3 is 2.41 bits per heavy atom. The third kappa shape index (κ3) is 4.85. The fourth-order valence-corrected chi connectivity index (χ4v) is 4.07. The molecule has 0 atom stereocenters. The van der Waals surface area contributed by atoms with Gasteiger partial charge in [0.15, 0.2) is 5.82 Å². The molecular formula is C27H21ClN6O3. The van der Waals surface area contributed by atoms with Gasteiger partial charge in [0.1, 0.15) is 35.5 Å². The molecule has 37 heavy (non-hydrogen) atoms. The third-order valence-electron chi connectivity index (χ3n) is 5.61. The van der Waals surface area contributed by atoms with Gasteiger partial charge in [0.2, 0.25) is 0 Å². The van der Waals surface area contributed by atoms with Gasteiger partial charge in [-0.15, -0.1) is 10.2 Å². The van der Waals surface area contributed by atoms with E-state index in [2.05, 4.69) is 20.3 Å². The van der Waals surface area contributed by atoms with Gasteiger partial charge in [-0.2, -0.15) is 5.10 Å². The van der Waals surface area contributed by atoms with E-state index in [-0.39, 0.29) is 5.56 Å². The highest BCUT2D eigenvalue weighted by molar-refractivity contribution is 6.30. The van der Waals surface area contributed by atoms with Crippen molar-refractivity contribution in [2.45, 2.75) is 0 Å². The van der Waals surface area contributed by atoms with Gasteiger partial charge in [-0.05, 0) is 48.0 Å². The average Bonchev–Trinajstić information content (AvgIpc) is 3.47. The zero-order chi connectivity index (χ0) is 25.8. The molecule has 0 saturated heterocycles. The Labute approximate surface area is 217 Å². The van der Waals surface area contributed by atoms with Crippen molar-refractivity contribution in [2.24, 2.45) is 10.2 Å². The van der Waals surface area contributed by atoms with E-state index >= 15 is 0 Å². The number of rotatable bonds is 7. The van der Waals surface area contributed by atoms with Crippen molar-refractivity contribution in [1.82, 2.24) is 19.3 Å². The smallest absolute Gasteiger partial charge is 0.257 e. The number of aromatic nitrogens is 4. The van der Waals surface area contributed by atoms with Crippen LogP contribution >= 0.6 is 11.6 Å². The monoisotopic (exact) mass is 512 g/mol. The summed E-state index contributed by atoms with van der Waals surface area (Å²) in [5, 5.41) is 13.9. The number of hydrogen-bond donors (Lipinski definition) is 0. The minimum Gasteiger partial charge on any atom is -0.497 e. The Balaban J connectivity index is 1.84. The Bertz CT molecular complexity index is 1630. The molecule has 0 N–H and O–H groups in total. The third-order valence-corrected chi connectivity index (χ3v) is 5.85. The van der Waals surface area contributed by atoms with Crippen LogP contribution in [-0.4, -0.2) is 33.6 Å². The van der Waals surface area contributed by atoms with Crippen molar-refractivity contribution < 1.29 is 9.47 Å². The highest BCUT2D eigenvalue weighted by Crippen LogP contribution is 2.38. The van der Waals surface area contributed by atoms with Crippen molar-refractivity contribution >= 4 is 23.0 Å². The highest BCUT2D eigenvalue weighted by Gasteiger charge is 2.21. The van der Waals surface area contributed by atoms with Crippen LogP contribution in [0, 0.1) is 0 Å². The summed E-state index contributed by atoms with van der Waals surface area (Å²) >= 11 is 6.28. The maximum absolute atomic E-state index is 13.6. The number of ether oxygens (including phenoxy) is 2. The summed E-state index contributed by atoms with van der Waals surface area (Å²) in [5.74, 6) is 1.59. The maximum atomic E-state index is 13.6. The molecule has 0 fully saturated rings. The lowest BCUT2D eigenvalue weighted by atomic mass is 10.0. The molecule has 5 aromatic rings. The highest BCUT2D eigenvalue weighted by atomic mass is 35.5. The zero-order valence-corrected chi connectivity index (χ0v) is 20.7.